The molecule has 0 atom stereocenters. The summed E-state index contributed by atoms with van der Waals surface area (Å²) >= 11 is 0. The standard InChI is InChI=1S/C28H28N4O3S/c1-31(2)19-22-7-5-8-23(17-22)24-9-6-10-25(18-24)36(34,35)32-16-15-21(20-32)13-14-28(33)30-27-12-4-3-11-26(27)29/h3-18,20H,19,29H2,1-2H3,(H,30,33). The normalized spacial score (nSPS) is 11.8. The Morgan fingerprint density at radius 3 is 2.44 bits per heavy atom. The number of nitrogen functional groups attached to an aromatic ring is 1. The summed E-state index contributed by atoms with van der Waals surface area (Å²) in [5.41, 5.74) is 10.3. The van der Waals surface area contributed by atoms with Crippen LogP contribution in [0.2, 0.25) is 0 Å². The maximum atomic E-state index is 13.3. The van der Waals surface area contributed by atoms with Crippen molar-refractivity contribution in [1.29, 1.82) is 0 Å². The fourth-order valence-electron chi connectivity index (χ4n) is 3.77. The highest BCUT2D eigenvalue weighted by Gasteiger charge is 2.17. The lowest BCUT2D eigenvalue weighted by molar-refractivity contribution is -0.111. The molecule has 0 unspecified atom stereocenters. The van der Waals surface area contributed by atoms with E-state index in [1.165, 1.54) is 18.5 Å². The monoisotopic (exact) mass is 500 g/mol. The quantitative estimate of drug-likeness (QED) is 0.270. The van der Waals surface area contributed by atoms with E-state index in [1.807, 2.05) is 38.4 Å². The van der Waals surface area contributed by atoms with Gasteiger partial charge in [-0.05, 0) is 78.8 Å². The molecule has 1 heterocycles. The summed E-state index contributed by atoms with van der Waals surface area (Å²) < 4.78 is 27.8. The van der Waals surface area contributed by atoms with Gasteiger partial charge in [-0.15, -0.1) is 0 Å². The molecule has 0 aliphatic carbocycles. The molecule has 1 aromatic heterocycles. The highest BCUT2D eigenvalue weighted by Crippen LogP contribution is 2.25. The van der Waals surface area contributed by atoms with Crippen LogP contribution in [0.3, 0.4) is 0 Å². The number of nitrogens with one attached hydrogen (secondary N) is 1. The Bertz CT molecular complexity index is 1520. The van der Waals surface area contributed by atoms with Gasteiger partial charge in [-0.2, -0.15) is 0 Å². The van der Waals surface area contributed by atoms with Gasteiger partial charge >= 0.3 is 0 Å². The predicted molar refractivity (Wildman–Crippen MR) is 145 cm³/mol. The maximum absolute atomic E-state index is 13.3. The van der Waals surface area contributed by atoms with Gasteiger partial charge in [-0.3, -0.25) is 4.79 Å². The van der Waals surface area contributed by atoms with Crippen LogP contribution in [0.4, 0.5) is 11.4 Å². The number of rotatable bonds is 8. The number of carbonyl (C=O) groups is 1. The van der Waals surface area contributed by atoms with E-state index >= 15 is 0 Å². The molecule has 0 saturated heterocycles. The number of amides is 1. The number of aromatic nitrogens is 1. The molecule has 0 bridgehead atoms. The molecule has 0 spiro atoms. The zero-order chi connectivity index (χ0) is 25.7. The molecule has 184 valence electrons. The van der Waals surface area contributed by atoms with E-state index in [4.69, 9.17) is 5.73 Å². The number of anilines is 2. The molecular formula is C28H28N4O3S. The van der Waals surface area contributed by atoms with Crippen molar-refractivity contribution < 1.29 is 13.2 Å². The molecule has 0 fully saturated rings. The number of hydrogen-bond donors (Lipinski definition) is 2. The van der Waals surface area contributed by atoms with Gasteiger partial charge in [-0.25, -0.2) is 12.4 Å². The van der Waals surface area contributed by atoms with Crippen molar-refractivity contribution in [2.45, 2.75) is 11.4 Å². The van der Waals surface area contributed by atoms with Crippen molar-refractivity contribution in [1.82, 2.24) is 8.87 Å². The highest BCUT2D eigenvalue weighted by molar-refractivity contribution is 7.90. The number of para-hydroxylation sites is 2. The van der Waals surface area contributed by atoms with Crippen LogP contribution in [0.1, 0.15) is 11.1 Å². The van der Waals surface area contributed by atoms with Gasteiger partial charge in [0.15, 0.2) is 0 Å². The van der Waals surface area contributed by atoms with E-state index in [0.29, 0.717) is 16.9 Å². The minimum atomic E-state index is -3.81. The molecule has 3 N–H and O–H groups in total. The molecule has 0 radical (unpaired) electrons. The summed E-state index contributed by atoms with van der Waals surface area (Å²) in [6.07, 6.45) is 5.82. The van der Waals surface area contributed by atoms with Gasteiger partial charge < -0.3 is 16.0 Å². The lowest BCUT2D eigenvalue weighted by Gasteiger charge is -2.12. The summed E-state index contributed by atoms with van der Waals surface area (Å²) in [5, 5.41) is 2.70. The zero-order valence-corrected chi connectivity index (χ0v) is 20.9. The van der Waals surface area contributed by atoms with Crippen molar-refractivity contribution in [3.63, 3.8) is 0 Å². The van der Waals surface area contributed by atoms with Crippen molar-refractivity contribution in [3.8, 4) is 11.1 Å². The third kappa shape index (κ3) is 5.91. The summed E-state index contributed by atoms with van der Waals surface area (Å²) in [6, 6.07) is 23.5. The number of nitrogens with two attached hydrogens (primary N) is 1. The van der Waals surface area contributed by atoms with Crippen molar-refractivity contribution in [3.05, 3.63) is 108 Å². The van der Waals surface area contributed by atoms with Gasteiger partial charge in [-0.1, -0.05) is 42.5 Å². The van der Waals surface area contributed by atoms with Crippen LogP contribution in [0, 0.1) is 0 Å². The first-order valence-electron chi connectivity index (χ1n) is 11.3. The molecule has 36 heavy (non-hydrogen) atoms. The Hall–Kier alpha value is -4.14. The topological polar surface area (TPSA) is 97.4 Å². The lowest BCUT2D eigenvalue weighted by atomic mass is 10.0. The van der Waals surface area contributed by atoms with Crippen LogP contribution in [-0.4, -0.2) is 37.3 Å². The molecule has 0 aliphatic heterocycles. The van der Waals surface area contributed by atoms with Crippen molar-refractivity contribution in [2.24, 2.45) is 0 Å². The zero-order valence-electron chi connectivity index (χ0n) is 20.1. The second-order valence-corrected chi connectivity index (χ2v) is 10.5. The molecule has 8 heteroatoms. The molecule has 7 nitrogen and oxygen atoms in total. The number of carbonyl (C=O) groups excluding carboxylic acids is 1. The lowest BCUT2D eigenvalue weighted by Crippen LogP contribution is -2.11. The Labute approximate surface area is 211 Å². The first-order valence-corrected chi connectivity index (χ1v) is 12.8. The van der Waals surface area contributed by atoms with E-state index in [0.717, 1.165) is 27.2 Å². The first-order chi connectivity index (χ1) is 17.2. The second-order valence-electron chi connectivity index (χ2n) is 8.66. The van der Waals surface area contributed by atoms with Gasteiger partial charge in [0, 0.05) is 25.0 Å². The molecule has 4 aromatic rings. The number of nitrogens with zero attached hydrogens (tertiary/aromatic N) is 2. The smallest absolute Gasteiger partial charge is 0.267 e. The van der Waals surface area contributed by atoms with Crippen LogP contribution in [0.15, 0.2) is 102 Å². The summed E-state index contributed by atoms with van der Waals surface area (Å²) in [4.78, 5) is 14.5. The average molecular weight is 501 g/mol. The van der Waals surface area contributed by atoms with Gasteiger partial charge in [0.1, 0.15) is 0 Å². The summed E-state index contributed by atoms with van der Waals surface area (Å²) in [7, 11) is 0.199. The van der Waals surface area contributed by atoms with E-state index in [2.05, 4.69) is 16.3 Å². The second kappa shape index (κ2) is 10.6. The Balaban J connectivity index is 1.52. The van der Waals surface area contributed by atoms with Gasteiger partial charge in [0.05, 0.1) is 16.3 Å². The fraction of sp³-hybridized carbons (Fsp3) is 0.107. The molecule has 0 saturated carbocycles. The minimum absolute atomic E-state index is 0.182. The molecule has 3 aromatic carbocycles. The SMILES string of the molecule is CN(C)Cc1cccc(-c2cccc(S(=O)(=O)n3ccc(C=CC(=O)Nc4ccccc4N)c3)c2)c1. The van der Waals surface area contributed by atoms with E-state index in [1.54, 1.807) is 54.6 Å². The van der Waals surface area contributed by atoms with Gasteiger partial charge in [0.2, 0.25) is 5.91 Å². The Kier molecular flexibility index (Phi) is 7.38. The number of hydrogen-bond acceptors (Lipinski definition) is 5. The molecular weight excluding hydrogens is 472 g/mol. The molecule has 1 amide bonds. The van der Waals surface area contributed by atoms with E-state index < -0.39 is 10.0 Å². The molecule has 4 rings (SSSR count). The van der Waals surface area contributed by atoms with Crippen molar-refractivity contribution in [2.75, 3.05) is 25.1 Å². The van der Waals surface area contributed by atoms with Crippen LogP contribution in [-0.2, 0) is 21.4 Å². The van der Waals surface area contributed by atoms with Crippen LogP contribution in [0.5, 0.6) is 0 Å². The molecule has 0 aliphatic rings. The first kappa shape index (κ1) is 25.0. The van der Waals surface area contributed by atoms with Gasteiger partial charge in [0.25, 0.3) is 10.0 Å². The maximum Gasteiger partial charge on any atom is 0.267 e. The van der Waals surface area contributed by atoms with Crippen LogP contribution in [0.25, 0.3) is 17.2 Å². The minimum Gasteiger partial charge on any atom is -0.397 e. The third-order valence-corrected chi connectivity index (χ3v) is 7.14. The third-order valence-electron chi connectivity index (χ3n) is 5.50. The van der Waals surface area contributed by atoms with Crippen molar-refractivity contribution >= 4 is 33.4 Å². The largest absolute Gasteiger partial charge is 0.397 e. The van der Waals surface area contributed by atoms with Crippen LogP contribution < -0.4 is 11.1 Å². The number of benzene rings is 3. The predicted octanol–water partition coefficient (Wildman–Crippen LogP) is 4.69. The average Bonchev–Trinajstić information content (AvgIpc) is 3.34. The summed E-state index contributed by atoms with van der Waals surface area (Å²) in [6.45, 7) is 0.794. The Morgan fingerprint density at radius 1 is 0.972 bits per heavy atom. The fourth-order valence-corrected chi connectivity index (χ4v) is 5.02. The Morgan fingerprint density at radius 2 is 1.69 bits per heavy atom. The summed E-state index contributed by atoms with van der Waals surface area (Å²) in [5.74, 6) is -0.368. The van der Waals surface area contributed by atoms with E-state index in [-0.39, 0.29) is 10.8 Å². The van der Waals surface area contributed by atoms with Crippen LogP contribution >= 0.6 is 0 Å². The highest BCUT2D eigenvalue weighted by atomic mass is 32.2. The van der Waals surface area contributed by atoms with E-state index in [9.17, 15) is 13.2 Å².